The van der Waals surface area contributed by atoms with Crippen LogP contribution in [0.4, 0.5) is 23.1 Å². The second kappa shape index (κ2) is 8.19. The zero-order valence-corrected chi connectivity index (χ0v) is 15.5. The predicted octanol–water partition coefficient (Wildman–Crippen LogP) is 4.67. The van der Waals surface area contributed by atoms with E-state index in [0.29, 0.717) is 12.0 Å². The molecule has 1 atom stereocenters. The number of anilines is 4. The van der Waals surface area contributed by atoms with Crippen LogP contribution in [0.3, 0.4) is 0 Å². The SMILES string of the molecule is CCC(C)Nc1ccnc(Nc2ccc(N3CCC(C)CC3)cc2)n1. The lowest BCUT2D eigenvalue weighted by atomic mass is 9.99. The molecule has 0 amide bonds. The van der Waals surface area contributed by atoms with Crippen molar-refractivity contribution in [2.45, 2.75) is 46.1 Å². The topological polar surface area (TPSA) is 53.1 Å². The van der Waals surface area contributed by atoms with Gasteiger partial charge in [0.2, 0.25) is 5.95 Å². The summed E-state index contributed by atoms with van der Waals surface area (Å²) in [6.07, 6.45) is 5.40. The van der Waals surface area contributed by atoms with Crippen molar-refractivity contribution in [3.05, 3.63) is 36.5 Å². The lowest BCUT2D eigenvalue weighted by Crippen LogP contribution is -2.32. The summed E-state index contributed by atoms with van der Waals surface area (Å²) in [6, 6.07) is 10.9. The van der Waals surface area contributed by atoms with Gasteiger partial charge in [-0.25, -0.2) is 4.98 Å². The molecule has 0 radical (unpaired) electrons. The molecule has 134 valence electrons. The fourth-order valence-corrected chi connectivity index (χ4v) is 3.01. The normalized spacial score (nSPS) is 16.5. The van der Waals surface area contributed by atoms with E-state index in [2.05, 4.69) is 70.5 Å². The Balaban J connectivity index is 1.62. The molecular weight excluding hydrogens is 310 g/mol. The summed E-state index contributed by atoms with van der Waals surface area (Å²) in [5.41, 5.74) is 2.31. The molecule has 1 fully saturated rings. The van der Waals surface area contributed by atoms with E-state index in [-0.39, 0.29) is 0 Å². The Morgan fingerprint density at radius 3 is 2.56 bits per heavy atom. The Kier molecular flexibility index (Phi) is 5.74. The number of hydrogen-bond donors (Lipinski definition) is 2. The van der Waals surface area contributed by atoms with Gasteiger partial charge in [0.05, 0.1) is 0 Å². The third-order valence-corrected chi connectivity index (χ3v) is 4.93. The zero-order chi connectivity index (χ0) is 17.6. The molecule has 5 nitrogen and oxygen atoms in total. The molecule has 1 aromatic carbocycles. The van der Waals surface area contributed by atoms with Crippen molar-refractivity contribution in [2.75, 3.05) is 28.6 Å². The second-order valence-electron chi connectivity index (χ2n) is 7.06. The molecule has 0 aliphatic carbocycles. The molecule has 3 rings (SSSR count). The number of hydrogen-bond acceptors (Lipinski definition) is 5. The van der Waals surface area contributed by atoms with Crippen LogP contribution in [0.2, 0.25) is 0 Å². The van der Waals surface area contributed by atoms with Gasteiger partial charge in [0.1, 0.15) is 5.82 Å². The Bertz CT molecular complexity index is 662. The predicted molar refractivity (Wildman–Crippen MR) is 106 cm³/mol. The van der Waals surface area contributed by atoms with E-state index in [4.69, 9.17) is 0 Å². The maximum atomic E-state index is 4.53. The van der Waals surface area contributed by atoms with Gasteiger partial charge in [0, 0.05) is 36.7 Å². The average Bonchev–Trinajstić information content (AvgIpc) is 2.63. The third kappa shape index (κ3) is 4.84. The fraction of sp³-hybridized carbons (Fsp3) is 0.500. The van der Waals surface area contributed by atoms with Gasteiger partial charge >= 0.3 is 0 Å². The van der Waals surface area contributed by atoms with Crippen LogP contribution in [0.15, 0.2) is 36.5 Å². The maximum absolute atomic E-state index is 4.53. The molecule has 5 heteroatoms. The highest BCUT2D eigenvalue weighted by Crippen LogP contribution is 2.25. The van der Waals surface area contributed by atoms with Crippen molar-refractivity contribution in [2.24, 2.45) is 5.92 Å². The summed E-state index contributed by atoms with van der Waals surface area (Å²) < 4.78 is 0. The van der Waals surface area contributed by atoms with Crippen LogP contribution in [0.5, 0.6) is 0 Å². The van der Waals surface area contributed by atoms with Gasteiger partial charge in [-0.3, -0.25) is 0 Å². The quantitative estimate of drug-likeness (QED) is 0.801. The van der Waals surface area contributed by atoms with E-state index in [1.165, 1.54) is 18.5 Å². The largest absolute Gasteiger partial charge is 0.372 e. The smallest absolute Gasteiger partial charge is 0.229 e. The molecule has 2 N–H and O–H groups in total. The van der Waals surface area contributed by atoms with Crippen LogP contribution in [-0.2, 0) is 0 Å². The molecule has 1 unspecified atom stereocenters. The Morgan fingerprint density at radius 1 is 1.16 bits per heavy atom. The number of piperidine rings is 1. The van der Waals surface area contributed by atoms with Crippen LogP contribution in [0.1, 0.15) is 40.0 Å². The Morgan fingerprint density at radius 2 is 1.88 bits per heavy atom. The highest BCUT2D eigenvalue weighted by Gasteiger charge is 2.15. The lowest BCUT2D eigenvalue weighted by Gasteiger charge is -2.32. The lowest BCUT2D eigenvalue weighted by molar-refractivity contribution is 0.438. The monoisotopic (exact) mass is 339 g/mol. The van der Waals surface area contributed by atoms with Gasteiger partial charge in [-0.15, -0.1) is 0 Å². The van der Waals surface area contributed by atoms with E-state index in [9.17, 15) is 0 Å². The summed E-state index contributed by atoms with van der Waals surface area (Å²) in [5, 5.41) is 6.67. The van der Waals surface area contributed by atoms with Crippen molar-refractivity contribution < 1.29 is 0 Å². The van der Waals surface area contributed by atoms with Crippen LogP contribution < -0.4 is 15.5 Å². The van der Waals surface area contributed by atoms with Gasteiger partial charge in [0.25, 0.3) is 0 Å². The van der Waals surface area contributed by atoms with Crippen molar-refractivity contribution in [1.82, 2.24) is 9.97 Å². The number of aromatic nitrogens is 2. The highest BCUT2D eigenvalue weighted by atomic mass is 15.2. The van der Waals surface area contributed by atoms with E-state index in [1.54, 1.807) is 6.20 Å². The molecule has 2 heterocycles. The first-order valence-electron chi connectivity index (χ1n) is 9.35. The molecular formula is C20H29N5. The molecule has 1 aliphatic rings. The van der Waals surface area contributed by atoms with Gasteiger partial charge in [0.15, 0.2) is 0 Å². The number of nitrogens with zero attached hydrogens (tertiary/aromatic N) is 3. The molecule has 0 spiro atoms. The molecule has 0 saturated carbocycles. The minimum atomic E-state index is 0.397. The van der Waals surface area contributed by atoms with Gasteiger partial charge < -0.3 is 15.5 Å². The van der Waals surface area contributed by atoms with E-state index >= 15 is 0 Å². The molecule has 2 aromatic rings. The van der Waals surface area contributed by atoms with E-state index in [0.717, 1.165) is 36.9 Å². The number of benzene rings is 1. The van der Waals surface area contributed by atoms with Crippen LogP contribution >= 0.6 is 0 Å². The van der Waals surface area contributed by atoms with Crippen LogP contribution in [0, 0.1) is 5.92 Å². The van der Waals surface area contributed by atoms with Crippen molar-refractivity contribution in [1.29, 1.82) is 0 Å². The number of rotatable bonds is 6. The van der Waals surface area contributed by atoms with Gasteiger partial charge in [-0.05, 0) is 62.4 Å². The minimum Gasteiger partial charge on any atom is -0.372 e. The molecule has 0 bridgehead atoms. The van der Waals surface area contributed by atoms with Gasteiger partial charge in [-0.1, -0.05) is 13.8 Å². The highest BCUT2D eigenvalue weighted by molar-refractivity contribution is 5.60. The van der Waals surface area contributed by atoms with Crippen LogP contribution in [0.25, 0.3) is 0 Å². The summed E-state index contributed by atoms with van der Waals surface area (Å²) in [5.74, 6) is 2.32. The third-order valence-electron chi connectivity index (χ3n) is 4.93. The average molecular weight is 339 g/mol. The summed E-state index contributed by atoms with van der Waals surface area (Å²) in [6.45, 7) is 8.95. The summed E-state index contributed by atoms with van der Waals surface area (Å²) >= 11 is 0. The van der Waals surface area contributed by atoms with E-state index < -0.39 is 0 Å². The summed E-state index contributed by atoms with van der Waals surface area (Å²) in [4.78, 5) is 11.3. The standard InChI is InChI=1S/C20H29N5/c1-4-16(3)22-19-9-12-21-20(24-19)23-17-5-7-18(8-6-17)25-13-10-15(2)11-14-25/h5-9,12,15-16H,4,10-11,13-14H2,1-3H3,(H2,21,22,23,24). The number of nitrogens with one attached hydrogen (secondary N) is 2. The first-order valence-corrected chi connectivity index (χ1v) is 9.35. The second-order valence-corrected chi connectivity index (χ2v) is 7.06. The zero-order valence-electron chi connectivity index (χ0n) is 15.5. The molecule has 25 heavy (non-hydrogen) atoms. The molecule has 1 aromatic heterocycles. The molecule has 1 saturated heterocycles. The van der Waals surface area contributed by atoms with Crippen molar-refractivity contribution in [3.63, 3.8) is 0 Å². The van der Waals surface area contributed by atoms with Gasteiger partial charge in [-0.2, -0.15) is 4.98 Å². The molecule has 1 aliphatic heterocycles. The van der Waals surface area contributed by atoms with E-state index in [1.807, 2.05) is 6.07 Å². The first-order chi connectivity index (χ1) is 12.1. The first kappa shape index (κ1) is 17.5. The van der Waals surface area contributed by atoms with Crippen molar-refractivity contribution >= 4 is 23.1 Å². The maximum Gasteiger partial charge on any atom is 0.229 e. The van der Waals surface area contributed by atoms with Crippen molar-refractivity contribution in [3.8, 4) is 0 Å². The fourth-order valence-electron chi connectivity index (χ4n) is 3.01. The Labute approximate surface area is 150 Å². The summed E-state index contributed by atoms with van der Waals surface area (Å²) in [7, 11) is 0. The Hall–Kier alpha value is -2.30. The minimum absolute atomic E-state index is 0.397. The van der Waals surface area contributed by atoms with Crippen LogP contribution in [-0.4, -0.2) is 29.1 Å².